The van der Waals surface area contributed by atoms with Crippen molar-refractivity contribution in [2.24, 2.45) is 0 Å². The molecule has 0 aliphatic heterocycles. The Kier molecular flexibility index (Phi) is 5.59. The van der Waals surface area contributed by atoms with E-state index in [9.17, 15) is 14.5 Å². The summed E-state index contributed by atoms with van der Waals surface area (Å²) in [4.78, 5) is 11.6. The van der Waals surface area contributed by atoms with Crippen molar-refractivity contribution >= 4 is 21.9 Å². The number of carboxylic acids is 1. The Morgan fingerprint density at radius 2 is 1.47 bits per heavy atom. The van der Waals surface area contributed by atoms with Gasteiger partial charge in [-0.3, -0.25) is 4.57 Å². The standard InChI is InChI=1S/C11H25O6PSi/c1-10(2,3)19(7,8)17-11(4,9(12)13)18(14,15-5)16-6/h1-8H3,(H,12,13). The maximum atomic E-state index is 12.5. The van der Waals surface area contributed by atoms with Gasteiger partial charge in [-0.1, -0.05) is 20.8 Å². The first-order valence-electron chi connectivity index (χ1n) is 5.92. The lowest BCUT2D eigenvalue weighted by molar-refractivity contribution is -0.149. The van der Waals surface area contributed by atoms with Crippen molar-refractivity contribution in [2.45, 2.75) is 51.2 Å². The highest BCUT2D eigenvalue weighted by molar-refractivity contribution is 7.56. The van der Waals surface area contributed by atoms with Gasteiger partial charge in [0.05, 0.1) is 0 Å². The minimum absolute atomic E-state index is 0.226. The van der Waals surface area contributed by atoms with Crippen LogP contribution in [0.25, 0.3) is 0 Å². The van der Waals surface area contributed by atoms with E-state index in [4.69, 9.17) is 13.5 Å². The van der Waals surface area contributed by atoms with Crippen LogP contribution in [0.5, 0.6) is 0 Å². The molecular formula is C11H25O6PSi. The quantitative estimate of drug-likeness (QED) is 0.598. The zero-order valence-electron chi connectivity index (χ0n) is 12.9. The average Bonchev–Trinajstić information content (AvgIpc) is 2.25. The smallest absolute Gasteiger partial charge is 0.371 e. The third-order valence-corrected chi connectivity index (χ3v) is 10.7. The lowest BCUT2D eigenvalue weighted by Gasteiger charge is -2.43. The molecule has 0 fully saturated rings. The van der Waals surface area contributed by atoms with Crippen molar-refractivity contribution in [2.75, 3.05) is 14.2 Å². The van der Waals surface area contributed by atoms with Gasteiger partial charge in [-0.25, -0.2) is 4.79 Å². The molecule has 0 aliphatic carbocycles. The maximum Gasteiger partial charge on any atom is 0.371 e. The van der Waals surface area contributed by atoms with Crippen molar-refractivity contribution in [1.82, 2.24) is 0 Å². The fourth-order valence-electron chi connectivity index (χ4n) is 1.29. The highest BCUT2D eigenvalue weighted by Gasteiger charge is 2.58. The van der Waals surface area contributed by atoms with Gasteiger partial charge in [-0.05, 0) is 25.1 Å². The predicted octanol–water partition coefficient (Wildman–Crippen LogP) is 3.29. The van der Waals surface area contributed by atoms with Crippen LogP contribution < -0.4 is 0 Å². The van der Waals surface area contributed by atoms with Crippen LogP contribution in [0.1, 0.15) is 27.7 Å². The van der Waals surface area contributed by atoms with Gasteiger partial charge < -0.3 is 18.6 Å². The van der Waals surface area contributed by atoms with E-state index < -0.39 is 27.2 Å². The highest BCUT2D eigenvalue weighted by Crippen LogP contribution is 2.61. The third-order valence-electron chi connectivity index (χ3n) is 3.66. The first-order valence-corrected chi connectivity index (χ1v) is 10.4. The first kappa shape index (κ1) is 18.8. The normalized spacial score (nSPS) is 17.1. The highest BCUT2D eigenvalue weighted by atomic mass is 31.2. The Morgan fingerprint density at radius 3 is 1.68 bits per heavy atom. The van der Waals surface area contributed by atoms with Crippen molar-refractivity contribution < 1.29 is 27.9 Å². The van der Waals surface area contributed by atoms with E-state index in [0.29, 0.717) is 0 Å². The second-order valence-corrected chi connectivity index (χ2v) is 13.3. The lowest BCUT2D eigenvalue weighted by atomic mass is 10.2. The zero-order valence-corrected chi connectivity index (χ0v) is 14.8. The zero-order chi connectivity index (χ0) is 15.7. The number of carboxylic acid groups (broad SMARTS) is 1. The number of hydrogen-bond donors (Lipinski definition) is 1. The number of hydrogen-bond acceptors (Lipinski definition) is 5. The summed E-state index contributed by atoms with van der Waals surface area (Å²) in [5, 5.41) is 7.18. The molecule has 0 aliphatic rings. The molecule has 0 saturated heterocycles. The summed E-state index contributed by atoms with van der Waals surface area (Å²) in [6, 6.07) is 0. The summed E-state index contributed by atoms with van der Waals surface area (Å²) in [6.45, 7) is 10.9. The van der Waals surface area contributed by atoms with Gasteiger partial charge in [0.15, 0.2) is 8.32 Å². The maximum absolute atomic E-state index is 12.5. The summed E-state index contributed by atoms with van der Waals surface area (Å²) >= 11 is 0. The van der Waals surface area contributed by atoms with Crippen molar-refractivity contribution in [1.29, 1.82) is 0 Å². The Morgan fingerprint density at radius 1 is 1.11 bits per heavy atom. The molecule has 1 N–H and O–H groups in total. The third kappa shape index (κ3) is 3.47. The fourth-order valence-corrected chi connectivity index (χ4v) is 4.89. The van der Waals surface area contributed by atoms with E-state index in [0.717, 1.165) is 14.2 Å². The predicted molar refractivity (Wildman–Crippen MR) is 75.9 cm³/mol. The Balaban J connectivity index is 5.73. The Hall–Kier alpha value is -0.203. The van der Waals surface area contributed by atoms with Crippen LogP contribution in [0.3, 0.4) is 0 Å². The van der Waals surface area contributed by atoms with E-state index >= 15 is 0 Å². The molecule has 19 heavy (non-hydrogen) atoms. The van der Waals surface area contributed by atoms with Crippen LogP contribution in [0.15, 0.2) is 0 Å². The minimum atomic E-state index is -3.91. The summed E-state index contributed by atoms with van der Waals surface area (Å²) in [5.41, 5.74) is 0. The fraction of sp³-hybridized carbons (Fsp3) is 0.909. The number of aliphatic carboxylic acids is 1. The van der Waals surface area contributed by atoms with Gasteiger partial charge in [-0.2, -0.15) is 0 Å². The molecular weight excluding hydrogens is 287 g/mol. The molecule has 0 radical (unpaired) electrons. The second kappa shape index (κ2) is 5.66. The Bertz CT molecular complexity index is 381. The van der Waals surface area contributed by atoms with E-state index in [1.54, 1.807) is 0 Å². The molecule has 0 rings (SSSR count). The van der Waals surface area contributed by atoms with Crippen LogP contribution in [-0.2, 0) is 22.8 Å². The summed E-state index contributed by atoms with van der Waals surface area (Å²) in [7, 11) is -4.06. The molecule has 0 saturated carbocycles. The minimum Gasteiger partial charge on any atom is -0.479 e. The van der Waals surface area contributed by atoms with E-state index in [2.05, 4.69) is 0 Å². The molecule has 114 valence electrons. The van der Waals surface area contributed by atoms with Gasteiger partial charge in [0.25, 0.3) is 5.34 Å². The lowest BCUT2D eigenvalue weighted by Crippen LogP contribution is -2.52. The van der Waals surface area contributed by atoms with E-state index in [-0.39, 0.29) is 5.04 Å². The molecule has 8 heteroatoms. The molecule has 0 heterocycles. The summed E-state index contributed by atoms with van der Waals surface area (Å²) < 4.78 is 28.0. The van der Waals surface area contributed by atoms with Crippen LogP contribution in [0, 0.1) is 0 Å². The van der Waals surface area contributed by atoms with Gasteiger partial charge in [0.1, 0.15) is 0 Å². The number of carbonyl (C=O) groups is 1. The van der Waals surface area contributed by atoms with Crippen molar-refractivity contribution in [3.8, 4) is 0 Å². The molecule has 1 atom stereocenters. The van der Waals surface area contributed by atoms with Gasteiger partial charge >= 0.3 is 13.6 Å². The molecule has 0 amide bonds. The van der Waals surface area contributed by atoms with E-state index in [1.165, 1.54) is 6.92 Å². The Labute approximate surface area is 116 Å². The van der Waals surface area contributed by atoms with Gasteiger partial charge in [-0.15, -0.1) is 0 Å². The van der Waals surface area contributed by atoms with Crippen LogP contribution >= 0.6 is 7.60 Å². The summed E-state index contributed by atoms with van der Waals surface area (Å²) in [6.07, 6.45) is 0. The van der Waals surface area contributed by atoms with Crippen LogP contribution in [0.2, 0.25) is 18.1 Å². The topological polar surface area (TPSA) is 82.1 Å². The second-order valence-electron chi connectivity index (χ2n) is 6.01. The largest absolute Gasteiger partial charge is 0.479 e. The molecule has 1 unspecified atom stereocenters. The summed E-state index contributed by atoms with van der Waals surface area (Å²) in [5.74, 6) is -1.36. The van der Waals surface area contributed by atoms with Crippen LogP contribution in [-0.4, -0.2) is 39.0 Å². The molecule has 6 nitrogen and oxygen atoms in total. The average molecular weight is 312 g/mol. The van der Waals surface area contributed by atoms with Gasteiger partial charge in [0.2, 0.25) is 0 Å². The molecule has 0 bridgehead atoms. The number of rotatable bonds is 6. The van der Waals surface area contributed by atoms with Crippen molar-refractivity contribution in [3.05, 3.63) is 0 Å². The van der Waals surface area contributed by atoms with Crippen molar-refractivity contribution in [3.63, 3.8) is 0 Å². The monoisotopic (exact) mass is 312 g/mol. The molecule has 0 aromatic carbocycles. The van der Waals surface area contributed by atoms with E-state index in [1.807, 2.05) is 33.9 Å². The molecule has 0 spiro atoms. The SMILES string of the molecule is COP(=O)(OC)C(C)(O[Si](C)(C)C(C)(C)C)C(=O)O. The first-order chi connectivity index (χ1) is 8.27. The van der Waals surface area contributed by atoms with Crippen LogP contribution in [0.4, 0.5) is 0 Å². The molecule has 0 aromatic rings. The molecule has 0 aromatic heterocycles. The van der Waals surface area contributed by atoms with Gasteiger partial charge in [0, 0.05) is 14.2 Å².